The number of nitrogens with one attached hydrogen (secondary N) is 1. The zero-order valence-electron chi connectivity index (χ0n) is 9.96. The molecule has 0 heterocycles. The first-order valence-corrected chi connectivity index (χ1v) is 5.75. The Balaban J connectivity index is 0.00000225. The molecule has 3 N–H and O–H groups in total. The molecule has 5 heteroatoms. The van der Waals surface area contributed by atoms with E-state index >= 15 is 0 Å². The first-order valence-electron chi connectivity index (χ1n) is 5.75. The number of methoxy groups -OCH3 is 1. The van der Waals surface area contributed by atoms with Gasteiger partial charge in [0.15, 0.2) is 0 Å². The highest BCUT2D eigenvalue weighted by Gasteiger charge is 2.34. The molecule has 4 nitrogen and oxygen atoms in total. The first-order chi connectivity index (χ1) is 7.19. The third-order valence-corrected chi connectivity index (χ3v) is 3.01. The zero-order chi connectivity index (χ0) is 11.1. The average molecular weight is 251 g/mol. The first kappa shape index (κ1) is 15.7. The molecule has 0 spiro atoms. The highest BCUT2D eigenvalue weighted by molar-refractivity contribution is 5.86. The van der Waals surface area contributed by atoms with E-state index in [1.807, 2.05) is 0 Å². The summed E-state index contributed by atoms with van der Waals surface area (Å²) in [5.74, 6) is 0.0123. The quantitative estimate of drug-likeness (QED) is 0.722. The lowest BCUT2D eigenvalue weighted by Crippen LogP contribution is -2.55. The molecule has 1 aliphatic rings. The Labute approximate surface area is 104 Å². The van der Waals surface area contributed by atoms with Gasteiger partial charge in [-0.1, -0.05) is 19.3 Å². The molecule has 0 aliphatic heterocycles. The molecule has 0 saturated heterocycles. The Hall–Kier alpha value is -0.320. The topological polar surface area (TPSA) is 64.3 Å². The number of amides is 1. The summed E-state index contributed by atoms with van der Waals surface area (Å²) >= 11 is 0. The van der Waals surface area contributed by atoms with Crippen LogP contribution in [0.4, 0.5) is 0 Å². The Morgan fingerprint density at radius 2 is 2.00 bits per heavy atom. The third kappa shape index (κ3) is 4.68. The average Bonchev–Trinajstić information content (AvgIpc) is 2.25. The summed E-state index contributed by atoms with van der Waals surface area (Å²) in [6.45, 7) is 1.34. The molecule has 0 aromatic carbocycles. The van der Waals surface area contributed by atoms with E-state index in [-0.39, 0.29) is 18.3 Å². The van der Waals surface area contributed by atoms with Crippen molar-refractivity contribution in [2.24, 2.45) is 5.73 Å². The van der Waals surface area contributed by atoms with Crippen LogP contribution in [0.25, 0.3) is 0 Å². The molecule has 0 aromatic rings. The van der Waals surface area contributed by atoms with E-state index in [9.17, 15) is 4.79 Å². The second-order valence-electron chi connectivity index (χ2n) is 4.32. The van der Waals surface area contributed by atoms with Crippen molar-refractivity contribution in [1.29, 1.82) is 0 Å². The summed E-state index contributed by atoms with van der Waals surface area (Å²) in [7, 11) is 1.66. The molecular formula is C11H23ClN2O2. The highest BCUT2D eigenvalue weighted by atomic mass is 35.5. The normalized spacial score (nSPS) is 18.6. The van der Waals surface area contributed by atoms with Crippen molar-refractivity contribution in [3.05, 3.63) is 0 Å². The Morgan fingerprint density at radius 3 is 2.56 bits per heavy atom. The Kier molecular flexibility index (Phi) is 7.72. The third-order valence-electron chi connectivity index (χ3n) is 3.01. The minimum atomic E-state index is -0.606. The van der Waals surface area contributed by atoms with Crippen molar-refractivity contribution in [2.75, 3.05) is 20.3 Å². The molecule has 0 radical (unpaired) electrons. The minimum Gasteiger partial charge on any atom is -0.385 e. The standard InChI is InChI=1S/C11H22N2O2.ClH/c1-15-9-5-8-13-10(14)11(12)6-3-2-4-7-11;/h2-9,12H2,1H3,(H,13,14);1H. The van der Waals surface area contributed by atoms with Gasteiger partial charge in [0.25, 0.3) is 0 Å². The van der Waals surface area contributed by atoms with E-state index in [2.05, 4.69) is 5.32 Å². The van der Waals surface area contributed by atoms with Gasteiger partial charge in [-0.25, -0.2) is 0 Å². The van der Waals surface area contributed by atoms with Crippen LogP contribution in [0.2, 0.25) is 0 Å². The number of rotatable bonds is 5. The second kappa shape index (κ2) is 7.87. The molecule has 0 atom stereocenters. The monoisotopic (exact) mass is 250 g/mol. The zero-order valence-corrected chi connectivity index (χ0v) is 10.8. The highest BCUT2D eigenvalue weighted by Crippen LogP contribution is 2.25. The van der Waals surface area contributed by atoms with Crippen LogP contribution in [-0.4, -0.2) is 31.7 Å². The van der Waals surface area contributed by atoms with Crippen LogP contribution in [0.1, 0.15) is 38.5 Å². The molecule has 0 aromatic heterocycles. The second-order valence-corrected chi connectivity index (χ2v) is 4.32. The molecule has 96 valence electrons. The minimum absolute atomic E-state index is 0. The summed E-state index contributed by atoms with van der Waals surface area (Å²) in [5, 5.41) is 2.88. The van der Waals surface area contributed by atoms with Crippen molar-refractivity contribution >= 4 is 18.3 Å². The molecule has 0 bridgehead atoms. The lowest BCUT2D eigenvalue weighted by atomic mass is 9.82. The fourth-order valence-electron chi connectivity index (χ4n) is 2.00. The maximum absolute atomic E-state index is 11.8. The van der Waals surface area contributed by atoms with E-state index < -0.39 is 5.54 Å². The van der Waals surface area contributed by atoms with Crippen molar-refractivity contribution < 1.29 is 9.53 Å². The SMILES string of the molecule is COCCCNC(=O)C1(N)CCCCC1.Cl. The summed E-state index contributed by atoms with van der Waals surface area (Å²) in [4.78, 5) is 11.8. The number of hydrogen-bond acceptors (Lipinski definition) is 3. The van der Waals surface area contributed by atoms with Crippen LogP contribution < -0.4 is 11.1 Å². The number of ether oxygens (including phenoxy) is 1. The van der Waals surface area contributed by atoms with Gasteiger partial charge in [0, 0.05) is 20.3 Å². The molecule has 1 saturated carbocycles. The van der Waals surface area contributed by atoms with Gasteiger partial charge in [-0.15, -0.1) is 12.4 Å². The summed E-state index contributed by atoms with van der Waals surface area (Å²) in [6, 6.07) is 0. The number of carbonyl (C=O) groups excluding carboxylic acids is 1. The van der Waals surface area contributed by atoms with Crippen LogP contribution in [0.15, 0.2) is 0 Å². The van der Waals surface area contributed by atoms with Gasteiger partial charge >= 0.3 is 0 Å². The number of halogens is 1. The predicted molar refractivity (Wildman–Crippen MR) is 66.8 cm³/mol. The summed E-state index contributed by atoms with van der Waals surface area (Å²) in [6.07, 6.45) is 5.84. The molecule has 1 aliphatic carbocycles. The molecule has 1 rings (SSSR count). The van der Waals surface area contributed by atoms with Gasteiger partial charge in [-0.2, -0.15) is 0 Å². The van der Waals surface area contributed by atoms with E-state index in [4.69, 9.17) is 10.5 Å². The van der Waals surface area contributed by atoms with Crippen LogP contribution in [0, 0.1) is 0 Å². The van der Waals surface area contributed by atoms with Gasteiger partial charge in [0.1, 0.15) is 0 Å². The number of nitrogens with two attached hydrogens (primary N) is 1. The molecule has 16 heavy (non-hydrogen) atoms. The number of hydrogen-bond donors (Lipinski definition) is 2. The fraction of sp³-hybridized carbons (Fsp3) is 0.909. The molecular weight excluding hydrogens is 228 g/mol. The molecule has 1 fully saturated rings. The van der Waals surface area contributed by atoms with Gasteiger partial charge in [0.05, 0.1) is 5.54 Å². The summed E-state index contributed by atoms with van der Waals surface area (Å²) < 4.78 is 4.91. The Morgan fingerprint density at radius 1 is 1.38 bits per heavy atom. The lowest BCUT2D eigenvalue weighted by Gasteiger charge is -2.31. The van der Waals surface area contributed by atoms with Gasteiger partial charge in [0.2, 0.25) is 5.91 Å². The maximum Gasteiger partial charge on any atom is 0.240 e. The van der Waals surface area contributed by atoms with E-state index in [1.165, 1.54) is 6.42 Å². The fourth-order valence-corrected chi connectivity index (χ4v) is 2.00. The van der Waals surface area contributed by atoms with Crippen LogP contribution >= 0.6 is 12.4 Å². The van der Waals surface area contributed by atoms with Crippen LogP contribution in [-0.2, 0) is 9.53 Å². The number of carbonyl (C=O) groups is 1. The maximum atomic E-state index is 11.8. The van der Waals surface area contributed by atoms with Crippen molar-refractivity contribution in [2.45, 2.75) is 44.1 Å². The smallest absolute Gasteiger partial charge is 0.240 e. The van der Waals surface area contributed by atoms with Crippen molar-refractivity contribution in [3.8, 4) is 0 Å². The van der Waals surface area contributed by atoms with Crippen molar-refractivity contribution in [1.82, 2.24) is 5.32 Å². The lowest BCUT2D eigenvalue weighted by molar-refractivity contribution is -0.127. The Bertz CT molecular complexity index is 206. The molecule has 1 amide bonds. The van der Waals surface area contributed by atoms with Crippen LogP contribution in [0.3, 0.4) is 0 Å². The van der Waals surface area contributed by atoms with Crippen molar-refractivity contribution in [3.63, 3.8) is 0 Å². The van der Waals surface area contributed by atoms with E-state index in [0.717, 1.165) is 32.1 Å². The predicted octanol–water partition coefficient (Wildman–Crippen LogP) is 1.22. The van der Waals surface area contributed by atoms with E-state index in [0.29, 0.717) is 13.2 Å². The van der Waals surface area contributed by atoms with Crippen LogP contribution in [0.5, 0.6) is 0 Å². The molecule has 0 unspecified atom stereocenters. The van der Waals surface area contributed by atoms with Gasteiger partial charge < -0.3 is 15.8 Å². The van der Waals surface area contributed by atoms with E-state index in [1.54, 1.807) is 7.11 Å². The van der Waals surface area contributed by atoms with Gasteiger partial charge in [-0.05, 0) is 19.3 Å². The largest absolute Gasteiger partial charge is 0.385 e. The summed E-state index contributed by atoms with van der Waals surface area (Å²) in [5.41, 5.74) is 5.47. The van der Waals surface area contributed by atoms with Gasteiger partial charge in [-0.3, -0.25) is 4.79 Å².